The first-order valence-electron chi connectivity index (χ1n) is 7.54. The minimum absolute atomic E-state index is 0.373. The van der Waals surface area contributed by atoms with Crippen molar-refractivity contribution in [2.24, 2.45) is 0 Å². The Kier molecular flexibility index (Phi) is 2.95. The minimum Gasteiger partial charge on any atom is -0.273 e. The molecule has 1 saturated carbocycles. The van der Waals surface area contributed by atoms with Gasteiger partial charge in [-0.2, -0.15) is 0 Å². The van der Waals surface area contributed by atoms with Gasteiger partial charge in [-0.1, -0.05) is 24.1 Å². The van der Waals surface area contributed by atoms with Crippen LogP contribution in [0.25, 0.3) is 16.6 Å². The first-order chi connectivity index (χ1) is 11.2. The third-order valence-corrected chi connectivity index (χ3v) is 4.28. The third-order valence-electron chi connectivity index (χ3n) is 4.28. The van der Waals surface area contributed by atoms with Gasteiger partial charge >= 0.3 is 5.69 Å². The molecule has 0 aliphatic heterocycles. The molecule has 3 aromatic rings. The predicted molar refractivity (Wildman–Crippen MR) is 90.1 cm³/mol. The highest BCUT2D eigenvalue weighted by atomic mass is 16.2. The van der Waals surface area contributed by atoms with Gasteiger partial charge in [0.15, 0.2) is 0 Å². The van der Waals surface area contributed by atoms with Gasteiger partial charge in [-0.3, -0.25) is 14.3 Å². The van der Waals surface area contributed by atoms with Crippen LogP contribution in [0.1, 0.15) is 29.9 Å². The molecular formula is C19H14N2O2. The molecule has 4 nitrogen and oxygen atoms in total. The Morgan fingerprint density at radius 2 is 1.91 bits per heavy atom. The monoisotopic (exact) mass is 302 g/mol. The van der Waals surface area contributed by atoms with Gasteiger partial charge in [-0.25, -0.2) is 4.79 Å². The van der Waals surface area contributed by atoms with Crippen LogP contribution in [0.2, 0.25) is 0 Å². The van der Waals surface area contributed by atoms with E-state index < -0.39 is 5.69 Å². The number of rotatable bonds is 2. The van der Waals surface area contributed by atoms with Gasteiger partial charge in [0.2, 0.25) is 0 Å². The van der Waals surface area contributed by atoms with Crippen LogP contribution in [0, 0.1) is 12.3 Å². The van der Waals surface area contributed by atoms with Crippen LogP contribution >= 0.6 is 0 Å². The summed E-state index contributed by atoms with van der Waals surface area (Å²) in [5.74, 6) is 3.13. The second-order valence-electron chi connectivity index (χ2n) is 5.81. The number of hydrogen-bond acceptors (Lipinski definition) is 2. The van der Waals surface area contributed by atoms with Crippen LogP contribution < -0.4 is 11.2 Å². The molecule has 4 heteroatoms. The molecule has 0 amide bonds. The van der Waals surface area contributed by atoms with Crippen molar-refractivity contribution >= 4 is 10.9 Å². The van der Waals surface area contributed by atoms with E-state index in [1.807, 2.05) is 24.3 Å². The summed E-state index contributed by atoms with van der Waals surface area (Å²) in [4.78, 5) is 27.0. The largest absolute Gasteiger partial charge is 0.333 e. The molecule has 1 fully saturated rings. The number of nitrogens with one attached hydrogen (secondary N) is 1. The van der Waals surface area contributed by atoms with Gasteiger partial charge in [0.25, 0.3) is 5.56 Å². The Morgan fingerprint density at radius 3 is 2.65 bits per heavy atom. The van der Waals surface area contributed by atoms with Gasteiger partial charge in [0, 0.05) is 5.56 Å². The lowest BCUT2D eigenvalue weighted by atomic mass is 10.1. The Bertz CT molecular complexity index is 1080. The Labute approximate surface area is 132 Å². The average Bonchev–Trinajstić information content (AvgIpc) is 3.40. The summed E-state index contributed by atoms with van der Waals surface area (Å²) in [6, 6.07) is 12.9. The smallest absolute Gasteiger partial charge is 0.273 e. The van der Waals surface area contributed by atoms with Crippen molar-refractivity contribution < 1.29 is 0 Å². The Morgan fingerprint density at radius 1 is 1.13 bits per heavy atom. The number of nitrogens with zero attached hydrogens (tertiary/aromatic N) is 1. The molecule has 1 aliphatic carbocycles. The summed E-state index contributed by atoms with van der Waals surface area (Å²) < 4.78 is 1.50. The van der Waals surface area contributed by atoms with E-state index in [0.29, 0.717) is 28.1 Å². The quantitative estimate of drug-likeness (QED) is 0.740. The van der Waals surface area contributed by atoms with Crippen LogP contribution in [-0.2, 0) is 0 Å². The molecule has 4 rings (SSSR count). The van der Waals surface area contributed by atoms with Gasteiger partial charge < -0.3 is 0 Å². The summed E-state index contributed by atoms with van der Waals surface area (Å²) in [6.45, 7) is 0. The summed E-state index contributed by atoms with van der Waals surface area (Å²) >= 11 is 0. The van der Waals surface area contributed by atoms with Crippen molar-refractivity contribution in [3.8, 4) is 18.0 Å². The fourth-order valence-electron chi connectivity index (χ4n) is 2.96. The molecule has 0 spiro atoms. The van der Waals surface area contributed by atoms with Crippen LogP contribution in [0.3, 0.4) is 0 Å². The lowest BCUT2D eigenvalue weighted by Crippen LogP contribution is -2.29. The SMILES string of the molecule is C#Cc1ccccc1-n1c(=O)[nH]c(=O)c2ccc(C3CC3)cc21. The first-order valence-corrected chi connectivity index (χ1v) is 7.54. The highest BCUT2D eigenvalue weighted by molar-refractivity contribution is 5.81. The van der Waals surface area contributed by atoms with E-state index >= 15 is 0 Å². The van der Waals surface area contributed by atoms with Crippen molar-refractivity contribution in [1.29, 1.82) is 0 Å². The summed E-state index contributed by atoms with van der Waals surface area (Å²) in [5, 5.41) is 0.487. The lowest BCUT2D eigenvalue weighted by Gasteiger charge is -2.12. The van der Waals surface area contributed by atoms with E-state index in [4.69, 9.17) is 6.42 Å². The van der Waals surface area contributed by atoms with Crippen LogP contribution in [0.5, 0.6) is 0 Å². The summed E-state index contributed by atoms with van der Waals surface area (Å²) in [7, 11) is 0. The molecule has 0 unspecified atom stereocenters. The number of benzene rings is 2. The summed E-state index contributed by atoms with van der Waals surface area (Å²) in [5.41, 5.74) is 2.13. The van der Waals surface area contributed by atoms with E-state index in [9.17, 15) is 9.59 Å². The minimum atomic E-state index is -0.474. The lowest BCUT2D eigenvalue weighted by molar-refractivity contribution is 0.937. The number of aromatic amines is 1. The number of fused-ring (bicyclic) bond motifs is 1. The van der Waals surface area contributed by atoms with Gasteiger partial charge in [0.05, 0.1) is 16.6 Å². The van der Waals surface area contributed by atoms with Crippen molar-refractivity contribution in [3.63, 3.8) is 0 Å². The highest BCUT2D eigenvalue weighted by Gasteiger charge is 2.24. The molecule has 0 atom stereocenters. The number of para-hydroxylation sites is 1. The molecule has 23 heavy (non-hydrogen) atoms. The molecule has 0 bridgehead atoms. The molecule has 1 aromatic heterocycles. The number of hydrogen-bond donors (Lipinski definition) is 1. The molecule has 112 valence electrons. The fourth-order valence-corrected chi connectivity index (χ4v) is 2.96. The maximum absolute atomic E-state index is 12.5. The maximum Gasteiger partial charge on any atom is 0.333 e. The average molecular weight is 302 g/mol. The van der Waals surface area contributed by atoms with Crippen molar-refractivity contribution in [1.82, 2.24) is 9.55 Å². The van der Waals surface area contributed by atoms with E-state index in [-0.39, 0.29) is 5.56 Å². The molecule has 2 aromatic carbocycles. The van der Waals surface area contributed by atoms with Gasteiger partial charge in [-0.15, -0.1) is 6.42 Å². The standard InChI is InChI=1S/C19H14N2O2/c1-2-12-5-3-4-6-16(12)21-17-11-14(13-7-8-13)9-10-15(17)18(22)20-19(21)23/h1,3-6,9-11,13H,7-8H2,(H,20,22,23). The first kappa shape index (κ1) is 13.6. The van der Waals surface area contributed by atoms with Gasteiger partial charge in [-0.05, 0) is 48.6 Å². The van der Waals surface area contributed by atoms with Gasteiger partial charge in [0.1, 0.15) is 0 Å². The summed E-state index contributed by atoms with van der Waals surface area (Å²) in [6.07, 6.45) is 7.87. The molecule has 1 aliphatic rings. The van der Waals surface area contributed by atoms with E-state index in [0.717, 1.165) is 18.4 Å². The topological polar surface area (TPSA) is 54.9 Å². The molecule has 0 radical (unpaired) electrons. The molecule has 1 N–H and O–H groups in total. The Balaban J connectivity index is 2.13. The zero-order valence-electron chi connectivity index (χ0n) is 12.4. The second-order valence-corrected chi connectivity index (χ2v) is 5.81. The molecule has 1 heterocycles. The zero-order chi connectivity index (χ0) is 16.0. The third kappa shape index (κ3) is 2.18. The normalized spacial score (nSPS) is 13.9. The van der Waals surface area contributed by atoms with Crippen LogP contribution in [0.4, 0.5) is 0 Å². The van der Waals surface area contributed by atoms with Crippen molar-refractivity contribution in [2.45, 2.75) is 18.8 Å². The molecular weight excluding hydrogens is 288 g/mol. The number of terminal acetylenes is 1. The Hall–Kier alpha value is -3.06. The van der Waals surface area contributed by atoms with Crippen LogP contribution in [-0.4, -0.2) is 9.55 Å². The van der Waals surface area contributed by atoms with E-state index in [1.165, 1.54) is 4.57 Å². The predicted octanol–water partition coefficient (Wildman–Crippen LogP) is 2.54. The zero-order valence-corrected chi connectivity index (χ0v) is 12.4. The highest BCUT2D eigenvalue weighted by Crippen LogP contribution is 2.40. The van der Waals surface area contributed by atoms with Crippen molar-refractivity contribution in [2.75, 3.05) is 0 Å². The van der Waals surface area contributed by atoms with E-state index in [2.05, 4.69) is 10.9 Å². The molecule has 0 saturated heterocycles. The number of H-pyrrole nitrogens is 1. The second kappa shape index (κ2) is 4.99. The van der Waals surface area contributed by atoms with Crippen molar-refractivity contribution in [3.05, 3.63) is 74.4 Å². The number of aromatic nitrogens is 2. The van der Waals surface area contributed by atoms with Crippen LogP contribution in [0.15, 0.2) is 52.1 Å². The maximum atomic E-state index is 12.5. The fraction of sp³-hybridized carbons (Fsp3) is 0.158. The van der Waals surface area contributed by atoms with E-state index in [1.54, 1.807) is 18.2 Å².